The van der Waals surface area contributed by atoms with Crippen LogP contribution in [0.15, 0.2) is 12.4 Å². The molecule has 1 aliphatic carbocycles. The maximum absolute atomic E-state index is 12.4. The molecule has 4 nitrogen and oxygen atoms in total. The summed E-state index contributed by atoms with van der Waals surface area (Å²) in [7, 11) is 0. The lowest BCUT2D eigenvalue weighted by Gasteiger charge is -2.20. The van der Waals surface area contributed by atoms with Gasteiger partial charge < -0.3 is 15.2 Å². The third-order valence-corrected chi connectivity index (χ3v) is 4.63. The lowest BCUT2D eigenvalue weighted by atomic mass is 9.92. The summed E-state index contributed by atoms with van der Waals surface area (Å²) in [5.41, 5.74) is 8.74. The van der Waals surface area contributed by atoms with Crippen molar-refractivity contribution in [1.82, 2.24) is 9.47 Å². The average molecular weight is 275 g/mol. The van der Waals surface area contributed by atoms with Crippen LogP contribution in [0.4, 0.5) is 0 Å². The molecule has 1 aromatic rings. The molecule has 1 amide bonds. The van der Waals surface area contributed by atoms with Crippen molar-refractivity contribution in [3.05, 3.63) is 23.5 Å². The minimum absolute atomic E-state index is 0.160. The van der Waals surface area contributed by atoms with Gasteiger partial charge in [-0.1, -0.05) is 12.8 Å². The molecule has 2 aliphatic rings. The number of rotatable bonds is 2. The number of carbonyl (C=O) groups excluding carboxylic acids is 1. The Morgan fingerprint density at radius 3 is 2.60 bits per heavy atom. The first-order chi connectivity index (χ1) is 9.74. The van der Waals surface area contributed by atoms with Crippen LogP contribution in [0.3, 0.4) is 0 Å². The fourth-order valence-electron chi connectivity index (χ4n) is 3.45. The Hall–Kier alpha value is -1.29. The predicted octanol–water partition coefficient (Wildman–Crippen LogP) is 2.23. The molecule has 0 bridgehead atoms. The molecule has 20 heavy (non-hydrogen) atoms. The second kappa shape index (κ2) is 6.00. The zero-order valence-corrected chi connectivity index (χ0v) is 12.2. The van der Waals surface area contributed by atoms with E-state index >= 15 is 0 Å². The largest absolute Gasteiger partial charge is 0.344 e. The molecule has 1 aromatic heterocycles. The molecule has 2 heterocycles. The van der Waals surface area contributed by atoms with Gasteiger partial charge >= 0.3 is 0 Å². The van der Waals surface area contributed by atoms with E-state index in [0.29, 0.717) is 6.54 Å². The van der Waals surface area contributed by atoms with Crippen LogP contribution in [0, 0.1) is 0 Å². The van der Waals surface area contributed by atoms with Crippen LogP contribution in [-0.2, 0) is 17.8 Å². The number of nitrogens with zero attached hydrogens (tertiary/aromatic N) is 2. The van der Waals surface area contributed by atoms with Gasteiger partial charge in [0.05, 0.1) is 0 Å². The summed E-state index contributed by atoms with van der Waals surface area (Å²) < 4.78 is 2.04. The molecule has 110 valence electrons. The summed E-state index contributed by atoms with van der Waals surface area (Å²) in [5.74, 6) is 0.257. The van der Waals surface area contributed by atoms with Gasteiger partial charge in [-0.25, -0.2) is 0 Å². The third kappa shape index (κ3) is 2.90. The van der Waals surface area contributed by atoms with Gasteiger partial charge in [0.2, 0.25) is 5.91 Å². The highest BCUT2D eigenvalue weighted by Crippen LogP contribution is 2.28. The fourth-order valence-corrected chi connectivity index (χ4v) is 3.45. The number of carbonyl (C=O) groups is 1. The maximum atomic E-state index is 12.4. The first-order valence-corrected chi connectivity index (χ1v) is 7.96. The van der Waals surface area contributed by atoms with Gasteiger partial charge in [-0.2, -0.15) is 0 Å². The number of likely N-dealkylation sites (tertiary alicyclic amines) is 1. The Kier molecular flexibility index (Phi) is 4.10. The standard InChI is InChI=1S/C16H25N3O/c17-15-7-5-6-13-10-18(11-14(13)15)12-16(20)19-8-3-1-2-4-9-19/h10-11,15H,1-9,12,17H2. The molecule has 1 saturated heterocycles. The number of aromatic nitrogens is 1. The van der Waals surface area contributed by atoms with Crippen molar-refractivity contribution < 1.29 is 4.79 Å². The Bertz CT molecular complexity index is 472. The van der Waals surface area contributed by atoms with Crippen LogP contribution >= 0.6 is 0 Å². The van der Waals surface area contributed by atoms with Crippen molar-refractivity contribution in [1.29, 1.82) is 0 Å². The Morgan fingerprint density at radius 1 is 1.15 bits per heavy atom. The van der Waals surface area contributed by atoms with Gasteiger partial charge in [0.25, 0.3) is 0 Å². The summed E-state index contributed by atoms with van der Waals surface area (Å²) in [4.78, 5) is 14.4. The van der Waals surface area contributed by atoms with E-state index in [1.54, 1.807) is 0 Å². The highest BCUT2D eigenvalue weighted by Gasteiger charge is 2.21. The Balaban J connectivity index is 1.66. The van der Waals surface area contributed by atoms with E-state index < -0.39 is 0 Å². The topological polar surface area (TPSA) is 51.3 Å². The van der Waals surface area contributed by atoms with E-state index in [2.05, 4.69) is 12.4 Å². The van der Waals surface area contributed by atoms with Gasteiger partial charge in [0.1, 0.15) is 6.54 Å². The average Bonchev–Trinajstić information content (AvgIpc) is 2.67. The summed E-state index contributed by atoms with van der Waals surface area (Å²) in [5, 5.41) is 0. The van der Waals surface area contributed by atoms with Crippen molar-refractivity contribution >= 4 is 5.91 Å². The summed E-state index contributed by atoms with van der Waals surface area (Å²) in [6, 6.07) is 0.160. The number of aryl methyl sites for hydroxylation is 1. The van der Waals surface area contributed by atoms with Gasteiger partial charge in [-0.3, -0.25) is 4.79 Å². The molecule has 0 aromatic carbocycles. The molecule has 2 N–H and O–H groups in total. The minimum atomic E-state index is 0.160. The van der Waals surface area contributed by atoms with E-state index in [1.165, 1.54) is 24.0 Å². The second-order valence-electron chi connectivity index (χ2n) is 6.20. The number of hydrogen-bond donors (Lipinski definition) is 1. The molecule has 4 heteroatoms. The fraction of sp³-hybridized carbons (Fsp3) is 0.688. The molecule has 0 radical (unpaired) electrons. The smallest absolute Gasteiger partial charge is 0.242 e. The van der Waals surface area contributed by atoms with Gasteiger partial charge in [0, 0.05) is 31.5 Å². The van der Waals surface area contributed by atoms with E-state index in [0.717, 1.165) is 45.2 Å². The monoisotopic (exact) mass is 275 g/mol. The molecule has 0 saturated carbocycles. The predicted molar refractivity (Wildman–Crippen MR) is 79.3 cm³/mol. The van der Waals surface area contributed by atoms with Crippen LogP contribution in [0.5, 0.6) is 0 Å². The third-order valence-electron chi connectivity index (χ3n) is 4.63. The van der Waals surface area contributed by atoms with Crippen LogP contribution in [0.2, 0.25) is 0 Å². The van der Waals surface area contributed by atoms with E-state index in [1.807, 2.05) is 9.47 Å². The van der Waals surface area contributed by atoms with Crippen molar-refractivity contribution in [2.45, 2.75) is 57.5 Å². The second-order valence-corrected chi connectivity index (χ2v) is 6.20. The molecule has 1 atom stereocenters. The number of amides is 1. The van der Waals surface area contributed by atoms with E-state index in [4.69, 9.17) is 5.73 Å². The molecule has 0 spiro atoms. The zero-order chi connectivity index (χ0) is 13.9. The number of hydrogen-bond acceptors (Lipinski definition) is 2. The lowest BCUT2D eigenvalue weighted by Crippen LogP contribution is -2.34. The molecular weight excluding hydrogens is 250 g/mol. The molecule has 3 rings (SSSR count). The van der Waals surface area contributed by atoms with Crippen molar-refractivity contribution in [2.75, 3.05) is 13.1 Å². The van der Waals surface area contributed by atoms with Crippen molar-refractivity contribution in [3.8, 4) is 0 Å². The van der Waals surface area contributed by atoms with Gasteiger partial charge in [-0.05, 0) is 43.2 Å². The first kappa shape index (κ1) is 13.7. The summed E-state index contributed by atoms with van der Waals surface area (Å²) >= 11 is 0. The number of nitrogens with two attached hydrogens (primary N) is 1. The van der Waals surface area contributed by atoms with Crippen LogP contribution in [0.25, 0.3) is 0 Å². The summed E-state index contributed by atoms with van der Waals surface area (Å²) in [6.45, 7) is 2.33. The van der Waals surface area contributed by atoms with Gasteiger partial charge in [-0.15, -0.1) is 0 Å². The minimum Gasteiger partial charge on any atom is -0.344 e. The lowest BCUT2D eigenvalue weighted by molar-refractivity contribution is -0.131. The highest BCUT2D eigenvalue weighted by atomic mass is 16.2. The van der Waals surface area contributed by atoms with E-state index in [-0.39, 0.29) is 11.9 Å². The first-order valence-electron chi connectivity index (χ1n) is 7.96. The highest BCUT2D eigenvalue weighted by molar-refractivity contribution is 5.76. The normalized spacial score (nSPS) is 23.2. The van der Waals surface area contributed by atoms with Crippen LogP contribution < -0.4 is 5.73 Å². The SMILES string of the molecule is NC1CCCc2cn(CC(=O)N3CCCCCC3)cc21. The maximum Gasteiger partial charge on any atom is 0.242 e. The van der Waals surface area contributed by atoms with Crippen LogP contribution in [0.1, 0.15) is 55.7 Å². The van der Waals surface area contributed by atoms with Crippen molar-refractivity contribution in [2.24, 2.45) is 5.73 Å². The summed E-state index contributed by atoms with van der Waals surface area (Å²) in [6.07, 6.45) is 12.4. The molecule has 1 aliphatic heterocycles. The zero-order valence-electron chi connectivity index (χ0n) is 12.2. The molecule has 1 unspecified atom stereocenters. The van der Waals surface area contributed by atoms with E-state index in [9.17, 15) is 4.79 Å². The molecular formula is C16H25N3O. The molecule has 1 fully saturated rings. The number of fused-ring (bicyclic) bond motifs is 1. The Morgan fingerprint density at radius 2 is 1.90 bits per heavy atom. The van der Waals surface area contributed by atoms with Gasteiger partial charge in [0.15, 0.2) is 0 Å². The quantitative estimate of drug-likeness (QED) is 0.900. The van der Waals surface area contributed by atoms with Crippen molar-refractivity contribution in [3.63, 3.8) is 0 Å². The van der Waals surface area contributed by atoms with Crippen LogP contribution in [-0.4, -0.2) is 28.5 Å². The Labute approximate surface area is 120 Å².